The number of hydrogen-bond acceptors (Lipinski definition) is 4. The number of carbonyl (C=O) groups is 1. The molecule has 0 atom stereocenters. The Hall–Kier alpha value is -3.77. The van der Waals surface area contributed by atoms with E-state index in [1.165, 1.54) is 23.8 Å². The molecular formula is C24H23N3O3. The van der Waals surface area contributed by atoms with Crippen LogP contribution in [0.5, 0.6) is 0 Å². The summed E-state index contributed by atoms with van der Waals surface area (Å²) in [6.45, 7) is 1.68. The van der Waals surface area contributed by atoms with Crippen LogP contribution in [0.1, 0.15) is 16.7 Å². The number of nitrogens with one attached hydrogen (secondary N) is 1. The number of carbonyl (C=O) groups excluding carboxylic acids is 1. The van der Waals surface area contributed by atoms with Gasteiger partial charge in [-0.2, -0.15) is 0 Å². The molecule has 0 radical (unpaired) electrons. The number of nitro benzene ring substituents is 1. The van der Waals surface area contributed by atoms with E-state index in [0.29, 0.717) is 11.3 Å². The van der Waals surface area contributed by atoms with Gasteiger partial charge in [0, 0.05) is 37.0 Å². The zero-order chi connectivity index (χ0) is 21.3. The van der Waals surface area contributed by atoms with Gasteiger partial charge in [0.25, 0.3) is 5.69 Å². The minimum Gasteiger partial charge on any atom is -0.323 e. The van der Waals surface area contributed by atoms with Crippen LogP contribution in [-0.4, -0.2) is 22.8 Å². The summed E-state index contributed by atoms with van der Waals surface area (Å²) in [6.07, 6.45) is 3.02. The van der Waals surface area contributed by atoms with Crippen LogP contribution in [0.25, 0.3) is 6.08 Å². The van der Waals surface area contributed by atoms with Gasteiger partial charge in [0.1, 0.15) is 0 Å². The number of benzene rings is 3. The van der Waals surface area contributed by atoms with Crippen molar-refractivity contribution in [3.8, 4) is 0 Å². The average Bonchev–Trinajstić information content (AvgIpc) is 2.74. The fraction of sp³-hybridized carbons (Fsp3) is 0.125. The first-order valence-corrected chi connectivity index (χ1v) is 9.54. The molecule has 0 aliphatic heterocycles. The Balaban J connectivity index is 1.50. The molecule has 152 valence electrons. The van der Waals surface area contributed by atoms with Crippen molar-refractivity contribution in [2.24, 2.45) is 0 Å². The van der Waals surface area contributed by atoms with Gasteiger partial charge >= 0.3 is 0 Å². The van der Waals surface area contributed by atoms with E-state index in [1.54, 1.807) is 18.2 Å². The van der Waals surface area contributed by atoms with Crippen molar-refractivity contribution in [2.75, 3.05) is 12.4 Å². The molecule has 30 heavy (non-hydrogen) atoms. The van der Waals surface area contributed by atoms with Gasteiger partial charge in [-0.25, -0.2) is 0 Å². The Morgan fingerprint density at radius 3 is 2.13 bits per heavy atom. The van der Waals surface area contributed by atoms with Crippen LogP contribution in [0.4, 0.5) is 11.4 Å². The zero-order valence-corrected chi connectivity index (χ0v) is 16.7. The summed E-state index contributed by atoms with van der Waals surface area (Å²) in [7, 11) is 2.08. The lowest BCUT2D eigenvalue weighted by molar-refractivity contribution is -0.384. The highest BCUT2D eigenvalue weighted by molar-refractivity contribution is 6.01. The maximum atomic E-state index is 12.1. The molecule has 0 aliphatic carbocycles. The van der Waals surface area contributed by atoms with Crippen molar-refractivity contribution < 1.29 is 9.72 Å². The molecule has 3 aromatic carbocycles. The lowest BCUT2D eigenvalue weighted by Crippen LogP contribution is -2.17. The van der Waals surface area contributed by atoms with Crippen LogP contribution in [0.2, 0.25) is 0 Å². The Bertz CT molecular complexity index is 1010. The van der Waals surface area contributed by atoms with E-state index in [2.05, 4.69) is 29.4 Å². The quantitative estimate of drug-likeness (QED) is 0.332. The Labute approximate surface area is 175 Å². The molecule has 3 aromatic rings. The first kappa shape index (κ1) is 21.0. The molecule has 0 fully saturated rings. The van der Waals surface area contributed by atoms with Crippen LogP contribution in [0, 0.1) is 10.1 Å². The Morgan fingerprint density at radius 2 is 1.53 bits per heavy atom. The third kappa shape index (κ3) is 6.39. The normalized spacial score (nSPS) is 11.0. The second-order valence-electron chi connectivity index (χ2n) is 7.03. The zero-order valence-electron chi connectivity index (χ0n) is 16.7. The highest BCUT2D eigenvalue weighted by Gasteiger charge is 2.04. The smallest absolute Gasteiger partial charge is 0.269 e. The first-order valence-electron chi connectivity index (χ1n) is 9.54. The Kier molecular flexibility index (Phi) is 7.08. The van der Waals surface area contributed by atoms with Crippen molar-refractivity contribution in [3.05, 3.63) is 112 Å². The maximum absolute atomic E-state index is 12.1. The lowest BCUT2D eigenvalue weighted by atomic mass is 10.1. The molecule has 0 saturated carbocycles. The maximum Gasteiger partial charge on any atom is 0.269 e. The van der Waals surface area contributed by atoms with Gasteiger partial charge in [-0.3, -0.25) is 19.8 Å². The van der Waals surface area contributed by atoms with Crippen molar-refractivity contribution in [2.45, 2.75) is 13.1 Å². The molecule has 1 N–H and O–H groups in total. The van der Waals surface area contributed by atoms with E-state index in [0.717, 1.165) is 18.7 Å². The van der Waals surface area contributed by atoms with Crippen LogP contribution < -0.4 is 5.32 Å². The van der Waals surface area contributed by atoms with Gasteiger partial charge in [0.15, 0.2) is 0 Å². The highest BCUT2D eigenvalue weighted by atomic mass is 16.6. The predicted molar refractivity (Wildman–Crippen MR) is 119 cm³/mol. The molecule has 6 heteroatoms. The minimum absolute atomic E-state index is 0.0195. The molecule has 0 saturated heterocycles. The third-order valence-corrected chi connectivity index (χ3v) is 4.50. The van der Waals surface area contributed by atoms with E-state index in [9.17, 15) is 14.9 Å². The summed E-state index contributed by atoms with van der Waals surface area (Å²) >= 11 is 0. The van der Waals surface area contributed by atoms with Crippen molar-refractivity contribution in [1.29, 1.82) is 0 Å². The predicted octanol–water partition coefficient (Wildman–Crippen LogP) is 4.88. The van der Waals surface area contributed by atoms with E-state index >= 15 is 0 Å². The van der Waals surface area contributed by atoms with Gasteiger partial charge in [-0.05, 0) is 54.1 Å². The number of amides is 1. The number of non-ortho nitro benzene ring substituents is 1. The highest BCUT2D eigenvalue weighted by Crippen LogP contribution is 2.14. The molecule has 0 aliphatic rings. The second kappa shape index (κ2) is 10.1. The van der Waals surface area contributed by atoms with E-state index in [-0.39, 0.29) is 11.6 Å². The molecule has 0 spiro atoms. The number of nitrogens with zero attached hydrogens (tertiary/aromatic N) is 2. The standard InChI is InChI=1S/C24H23N3O3/c1-26(17-20-5-3-2-4-6-20)18-21-7-12-22(13-8-21)25-24(28)16-11-19-9-14-23(15-10-19)27(29)30/h2-16H,17-18H2,1H3,(H,25,28)/b16-11+. The summed E-state index contributed by atoms with van der Waals surface area (Å²) in [5.41, 5.74) is 3.87. The summed E-state index contributed by atoms with van der Waals surface area (Å²) in [6, 6.07) is 24.1. The fourth-order valence-electron chi connectivity index (χ4n) is 3.02. The summed E-state index contributed by atoms with van der Waals surface area (Å²) in [5, 5.41) is 13.5. The van der Waals surface area contributed by atoms with Crippen LogP contribution >= 0.6 is 0 Å². The van der Waals surface area contributed by atoms with Gasteiger partial charge in [-0.15, -0.1) is 0 Å². The minimum atomic E-state index is -0.455. The van der Waals surface area contributed by atoms with Crippen LogP contribution in [0.3, 0.4) is 0 Å². The average molecular weight is 401 g/mol. The largest absolute Gasteiger partial charge is 0.323 e. The molecule has 3 rings (SSSR count). The molecule has 0 bridgehead atoms. The van der Waals surface area contributed by atoms with E-state index in [1.807, 2.05) is 42.5 Å². The topological polar surface area (TPSA) is 75.5 Å². The Morgan fingerprint density at radius 1 is 0.933 bits per heavy atom. The number of nitro groups is 1. The van der Waals surface area contributed by atoms with E-state index < -0.39 is 4.92 Å². The SMILES string of the molecule is CN(Cc1ccccc1)Cc1ccc(NC(=O)/C=C/c2ccc([N+](=O)[O-])cc2)cc1. The number of hydrogen-bond donors (Lipinski definition) is 1. The summed E-state index contributed by atoms with van der Waals surface area (Å²) in [4.78, 5) is 24.6. The van der Waals surface area contributed by atoms with Crippen LogP contribution in [-0.2, 0) is 17.9 Å². The molecule has 6 nitrogen and oxygen atoms in total. The van der Waals surface area contributed by atoms with Gasteiger partial charge in [0.05, 0.1) is 4.92 Å². The third-order valence-electron chi connectivity index (χ3n) is 4.50. The molecule has 0 aromatic heterocycles. The molecule has 1 amide bonds. The summed E-state index contributed by atoms with van der Waals surface area (Å²) < 4.78 is 0. The first-order chi connectivity index (χ1) is 14.5. The summed E-state index contributed by atoms with van der Waals surface area (Å²) in [5.74, 6) is -0.262. The molecule has 0 heterocycles. The fourth-order valence-corrected chi connectivity index (χ4v) is 3.02. The number of rotatable bonds is 8. The lowest BCUT2D eigenvalue weighted by Gasteiger charge is -2.17. The van der Waals surface area contributed by atoms with Gasteiger partial charge in [0.2, 0.25) is 5.91 Å². The monoisotopic (exact) mass is 401 g/mol. The van der Waals surface area contributed by atoms with Crippen molar-refractivity contribution in [1.82, 2.24) is 4.90 Å². The van der Waals surface area contributed by atoms with Crippen molar-refractivity contribution >= 4 is 23.4 Å². The molecular weight excluding hydrogens is 378 g/mol. The van der Waals surface area contributed by atoms with Crippen LogP contribution in [0.15, 0.2) is 84.9 Å². The molecule has 0 unspecified atom stereocenters. The van der Waals surface area contributed by atoms with Gasteiger partial charge < -0.3 is 5.32 Å². The van der Waals surface area contributed by atoms with Gasteiger partial charge in [-0.1, -0.05) is 42.5 Å². The van der Waals surface area contributed by atoms with E-state index in [4.69, 9.17) is 0 Å². The van der Waals surface area contributed by atoms with Crippen molar-refractivity contribution in [3.63, 3.8) is 0 Å². The number of anilines is 1. The second-order valence-corrected chi connectivity index (χ2v) is 7.03.